The van der Waals surface area contributed by atoms with Crippen molar-refractivity contribution in [1.82, 2.24) is 9.80 Å². The number of carbonyl (C=O) groups is 1. The van der Waals surface area contributed by atoms with Crippen LogP contribution < -0.4 is 0 Å². The number of phenols is 2. The second-order valence-electron chi connectivity index (χ2n) is 18.1. The van der Waals surface area contributed by atoms with Gasteiger partial charge in [0, 0.05) is 59.3 Å². The Balaban J connectivity index is 0.00000185. The number of nitrogens with zero attached hydrogens (tertiary/aromatic N) is 5. The van der Waals surface area contributed by atoms with Gasteiger partial charge in [0.2, 0.25) is 0 Å². The van der Waals surface area contributed by atoms with Crippen molar-refractivity contribution in [2.45, 2.75) is 124 Å². The molecule has 0 amide bonds. The first-order valence-electron chi connectivity index (χ1n) is 18.7. The maximum Gasteiger partial charge on any atom is 0.503 e. The van der Waals surface area contributed by atoms with Gasteiger partial charge in [0.05, 0.1) is 51.9 Å². The standard InChI is InChI=1S/C41H63N5O2.CH2O3.Cr/c1-38(2,3)32-22-29(16-13-18-45-20-15-21-46-19-14-17-44(12)37(45)46)35(47)31(24-32)27-43-41(10,11)28-42-26-30-23-33(39(4,5)6)25-34(36(30)48)40(7,8)9;2-1(3)4;/h22-27H,13-21,28H2,1-12H3,(H-,42,43,47,48);(H2,2,3,4);/p+1. The molecule has 2 aliphatic rings. The Morgan fingerprint density at radius 3 is 1.91 bits per heavy atom. The molecule has 4 rings (SSSR count). The monoisotopic (exact) mass is 772 g/mol. The Kier molecular flexibility index (Phi) is 15.7. The minimum atomic E-state index is -1.83. The molecule has 0 saturated carbocycles. The van der Waals surface area contributed by atoms with Gasteiger partial charge in [-0.2, -0.15) is 0 Å². The van der Waals surface area contributed by atoms with Crippen molar-refractivity contribution in [3.05, 3.63) is 57.6 Å². The van der Waals surface area contributed by atoms with Gasteiger partial charge in [-0.1, -0.05) is 74.4 Å². The summed E-state index contributed by atoms with van der Waals surface area (Å²) >= 11 is 0. The molecule has 2 aromatic carbocycles. The van der Waals surface area contributed by atoms with Crippen LogP contribution in [0.4, 0.5) is 4.79 Å². The number of aromatic hydroxyl groups is 2. The number of aryl methyl sites for hydroxylation is 1. The van der Waals surface area contributed by atoms with Crippen molar-refractivity contribution in [3.63, 3.8) is 0 Å². The predicted molar refractivity (Wildman–Crippen MR) is 214 cm³/mol. The Morgan fingerprint density at radius 2 is 1.34 bits per heavy atom. The van der Waals surface area contributed by atoms with E-state index in [1.54, 1.807) is 6.21 Å². The molecule has 11 heteroatoms. The Hall–Kier alpha value is -3.55. The third-order valence-corrected chi connectivity index (χ3v) is 9.72. The van der Waals surface area contributed by atoms with Crippen molar-refractivity contribution in [3.8, 4) is 11.5 Å². The average Bonchev–Trinajstić information content (AvgIpc) is 3.00. The summed E-state index contributed by atoms with van der Waals surface area (Å²) in [7, 11) is 2.22. The fourth-order valence-electron chi connectivity index (χ4n) is 6.67. The number of aliphatic imine (C=N–C) groups is 2. The molecule has 0 radical (unpaired) electrons. The summed E-state index contributed by atoms with van der Waals surface area (Å²) in [4.78, 5) is 23.4. The van der Waals surface area contributed by atoms with Gasteiger partial charge in [-0.15, -0.1) is 0 Å². The Morgan fingerprint density at radius 1 is 0.792 bits per heavy atom. The minimum absolute atomic E-state index is 0. The molecule has 0 atom stereocenters. The molecule has 53 heavy (non-hydrogen) atoms. The van der Waals surface area contributed by atoms with Gasteiger partial charge in [-0.3, -0.25) is 24.4 Å². The molecule has 4 N–H and O–H groups in total. The van der Waals surface area contributed by atoms with E-state index < -0.39 is 11.7 Å². The van der Waals surface area contributed by atoms with Crippen molar-refractivity contribution in [2.24, 2.45) is 9.98 Å². The maximum absolute atomic E-state index is 11.5. The summed E-state index contributed by atoms with van der Waals surface area (Å²) in [6.07, 6.45) is 5.99. The fraction of sp³-hybridized carbons (Fsp3) is 0.619. The molecule has 0 bridgehead atoms. The molecular formula is C42H66CrN5O5+. The summed E-state index contributed by atoms with van der Waals surface area (Å²) < 4.78 is 2.41. The molecule has 0 aromatic heterocycles. The van der Waals surface area contributed by atoms with Crippen LogP contribution in [0.25, 0.3) is 0 Å². The number of benzene rings is 2. The molecule has 1 saturated heterocycles. The molecule has 10 nitrogen and oxygen atoms in total. The van der Waals surface area contributed by atoms with Gasteiger partial charge in [-0.05, 0) is 71.8 Å². The zero-order valence-corrected chi connectivity index (χ0v) is 35.7. The van der Waals surface area contributed by atoms with Crippen LogP contribution in [0.1, 0.15) is 129 Å². The van der Waals surface area contributed by atoms with Crippen molar-refractivity contribution >= 4 is 24.5 Å². The van der Waals surface area contributed by atoms with Crippen LogP contribution in [0.3, 0.4) is 0 Å². The number of phenolic OH excluding ortho intramolecular Hbond substituents is 2. The maximum atomic E-state index is 11.5. The van der Waals surface area contributed by atoms with Crippen LogP contribution in [-0.2, 0) is 40.0 Å². The second-order valence-corrected chi connectivity index (χ2v) is 18.1. The number of guanidine groups is 1. The summed E-state index contributed by atoms with van der Waals surface area (Å²) in [5, 5.41) is 36.6. The SMILES string of the molecule is C[N+]1=C2N(CCCc3cc(C(C)(C)C)cc(C=NC(C)(C)CN=Cc4cc(C(C)(C)C)cc(C(C)(C)C)c4O)c3O)CCCN2CCC1.O=C(O)O.[Cr]. The summed E-state index contributed by atoms with van der Waals surface area (Å²) in [5.74, 6) is 2.00. The fourth-order valence-corrected chi connectivity index (χ4v) is 6.67. The topological polar surface area (TPSA) is 132 Å². The summed E-state index contributed by atoms with van der Waals surface area (Å²) in [5.41, 5.74) is 4.96. The smallest absolute Gasteiger partial charge is 0.503 e. The first-order valence-corrected chi connectivity index (χ1v) is 18.7. The second kappa shape index (κ2) is 18.2. The van der Waals surface area contributed by atoms with Crippen LogP contribution >= 0.6 is 0 Å². The molecule has 2 aromatic rings. The third-order valence-electron chi connectivity index (χ3n) is 9.72. The number of hydrogen-bond donors (Lipinski definition) is 4. The Bertz CT molecular complexity index is 1660. The minimum Gasteiger partial charge on any atom is -0.507 e. The molecule has 1 fully saturated rings. The average molecular weight is 773 g/mol. The van der Waals surface area contributed by atoms with E-state index >= 15 is 0 Å². The van der Waals surface area contributed by atoms with Gasteiger partial charge in [-0.25, -0.2) is 4.79 Å². The van der Waals surface area contributed by atoms with Crippen molar-refractivity contribution in [2.75, 3.05) is 46.3 Å². The van der Waals surface area contributed by atoms with E-state index in [0.29, 0.717) is 18.0 Å². The predicted octanol–water partition coefficient (Wildman–Crippen LogP) is 7.87. The van der Waals surface area contributed by atoms with Gasteiger partial charge in [0.1, 0.15) is 11.5 Å². The number of carboxylic acid groups (broad SMARTS) is 2. The summed E-state index contributed by atoms with van der Waals surface area (Å²) in [6.45, 7) is 29.7. The first-order chi connectivity index (χ1) is 23.9. The van der Waals surface area contributed by atoms with E-state index in [1.807, 2.05) is 6.21 Å². The van der Waals surface area contributed by atoms with Crippen LogP contribution in [0.5, 0.6) is 11.5 Å². The van der Waals surface area contributed by atoms with Gasteiger partial charge in [0.25, 0.3) is 0 Å². The molecular weight excluding hydrogens is 706 g/mol. The van der Waals surface area contributed by atoms with E-state index in [2.05, 4.69) is 122 Å². The van der Waals surface area contributed by atoms with E-state index in [-0.39, 0.29) is 33.6 Å². The normalized spacial score (nSPS) is 15.7. The van der Waals surface area contributed by atoms with E-state index in [1.165, 1.54) is 29.9 Å². The number of rotatable bonds is 9. The molecule has 0 unspecified atom stereocenters. The largest absolute Gasteiger partial charge is 0.507 e. The molecule has 0 aliphatic carbocycles. The number of fused-ring (bicyclic) bond motifs is 1. The van der Waals surface area contributed by atoms with Gasteiger partial charge >= 0.3 is 12.1 Å². The Labute approximate surface area is 329 Å². The van der Waals surface area contributed by atoms with Crippen molar-refractivity contribution < 1.29 is 47.2 Å². The zero-order chi connectivity index (χ0) is 39.2. The number of hydrogen-bond acceptors (Lipinski definition) is 7. The van der Waals surface area contributed by atoms with E-state index in [9.17, 15) is 10.2 Å². The van der Waals surface area contributed by atoms with Crippen LogP contribution in [-0.4, -0.2) is 111 Å². The molecule has 294 valence electrons. The van der Waals surface area contributed by atoms with Gasteiger partial charge in [0.15, 0.2) is 0 Å². The van der Waals surface area contributed by atoms with Crippen LogP contribution in [0.15, 0.2) is 34.3 Å². The van der Waals surface area contributed by atoms with Gasteiger partial charge < -0.3 is 20.4 Å². The van der Waals surface area contributed by atoms with Crippen LogP contribution in [0.2, 0.25) is 0 Å². The summed E-state index contributed by atoms with van der Waals surface area (Å²) in [6, 6.07) is 8.45. The van der Waals surface area contributed by atoms with E-state index in [4.69, 9.17) is 25.0 Å². The third kappa shape index (κ3) is 13.1. The zero-order valence-electron chi connectivity index (χ0n) is 34.4. The van der Waals surface area contributed by atoms with Crippen molar-refractivity contribution in [1.29, 1.82) is 0 Å². The van der Waals surface area contributed by atoms with E-state index in [0.717, 1.165) is 67.8 Å². The molecule has 0 spiro atoms. The first kappa shape index (κ1) is 45.6. The quantitative estimate of drug-likeness (QED) is 0.151. The van der Waals surface area contributed by atoms with Crippen LogP contribution in [0, 0.1) is 0 Å². The molecule has 2 aliphatic heterocycles. The molecule has 2 heterocycles.